The molecule has 2 nitrogen and oxygen atoms in total. The minimum Gasteiger partial charge on any atom is -0.375 e. The Bertz CT molecular complexity index is 128. The highest BCUT2D eigenvalue weighted by Gasteiger charge is 2.37. The minimum atomic E-state index is 0.267. The van der Waals surface area contributed by atoms with Gasteiger partial charge >= 0.3 is 0 Å². The van der Waals surface area contributed by atoms with Gasteiger partial charge in [-0.3, -0.25) is 0 Å². The van der Waals surface area contributed by atoms with E-state index in [0.717, 1.165) is 18.0 Å². The SMILES string of the molecule is S=C1NC[C@@H]2C[C@H]1O2. The van der Waals surface area contributed by atoms with Gasteiger partial charge in [-0.2, -0.15) is 0 Å². The molecule has 0 aromatic rings. The first kappa shape index (κ1) is 4.70. The molecule has 0 amide bonds. The lowest BCUT2D eigenvalue weighted by molar-refractivity contribution is -0.0957. The number of nitrogens with one attached hydrogen (secondary N) is 1. The quantitative estimate of drug-likeness (QED) is 0.468. The van der Waals surface area contributed by atoms with E-state index >= 15 is 0 Å². The number of morpholine rings is 1. The number of rotatable bonds is 0. The van der Waals surface area contributed by atoms with E-state index in [1.54, 1.807) is 0 Å². The maximum Gasteiger partial charge on any atom is 0.110 e. The second kappa shape index (κ2) is 1.42. The van der Waals surface area contributed by atoms with Crippen molar-refractivity contribution in [1.82, 2.24) is 5.32 Å². The number of thiocarbonyl (C=S) groups is 1. The zero-order chi connectivity index (χ0) is 5.56. The van der Waals surface area contributed by atoms with Gasteiger partial charge in [0.25, 0.3) is 0 Å². The average Bonchev–Trinajstić information content (AvgIpc) is 1.62. The molecular weight excluding hydrogens is 122 g/mol. The first-order valence-electron chi connectivity index (χ1n) is 2.79. The van der Waals surface area contributed by atoms with Crippen LogP contribution in [0.2, 0.25) is 0 Å². The number of fused-ring (bicyclic) bond motifs is 2. The monoisotopic (exact) mass is 129 g/mol. The van der Waals surface area contributed by atoms with E-state index in [1.807, 2.05) is 0 Å². The van der Waals surface area contributed by atoms with Gasteiger partial charge in [-0.25, -0.2) is 0 Å². The van der Waals surface area contributed by atoms with Gasteiger partial charge in [0.15, 0.2) is 0 Å². The first-order chi connectivity index (χ1) is 3.86. The maximum atomic E-state index is 5.28. The van der Waals surface area contributed by atoms with Crippen molar-refractivity contribution in [2.24, 2.45) is 0 Å². The molecule has 2 atom stereocenters. The van der Waals surface area contributed by atoms with Crippen molar-refractivity contribution in [2.45, 2.75) is 18.6 Å². The van der Waals surface area contributed by atoms with Crippen molar-refractivity contribution in [2.75, 3.05) is 6.54 Å². The Hall–Kier alpha value is -0.150. The van der Waals surface area contributed by atoms with Crippen molar-refractivity contribution >= 4 is 17.2 Å². The molecule has 3 saturated heterocycles. The number of ether oxygens (including phenoxy) is 1. The fraction of sp³-hybridized carbons (Fsp3) is 0.800. The maximum absolute atomic E-state index is 5.28. The van der Waals surface area contributed by atoms with Crippen LogP contribution in [-0.4, -0.2) is 23.7 Å². The van der Waals surface area contributed by atoms with Crippen molar-refractivity contribution in [3.63, 3.8) is 0 Å². The van der Waals surface area contributed by atoms with Gasteiger partial charge in [0.05, 0.1) is 6.10 Å². The van der Waals surface area contributed by atoms with Crippen LogP contribution in [0.25, 0.3) is 0 Å². The van der Waals surface area contributed by atoms with Gasteiger partial charge in [0, 0.05) is 13.0 Å². The van der Waals surface area contributed by atoms with Crippen molar-refractivity contribution in [3.8, 4) is 0 Å². The molecule has 0 unspecified atom stereocenters. The number of hydrogen-bond acceptors (Lipinski definition) is 2. The standard InChI is InChI=1S/C5H7NOS/c8-5-4-1-3(7-4)2-6-5/h3-4H,1-2H2,(H,6,8)/t3-,4+/m0/s1. The van der Waals surface area contributed by atoms with Crippen LogP contribution in [0.1, 0.15) is 6.42 Å². The molecular formula is C5H7NOS. The Morgan fingerprint density at radius 3 is 2.75 bits per heavy atom. The number of piperidine rings is 1. The molecule has 3 fully saturated rings. The van der Waals surface area contributed by atoms with E-state index in [2.05, 4.69) is 5.32 Å². The molecule has 3 rings (SSSR count). The Balaban J connectivity index is 2.10. The molecule has 44 valence electrons. The molecule has 0 aromatic carbocycles. The van der Waals surface area contributed by atoms with Crippen molar-refractivity contribution < 1.29 is 4.74 Å². The smallest absolute Gasteiger partial charge is 0.110 e. The molecule has 0 aromatic heterocycles. The van der Waals surface area contributed by atoms with Crippen LogP contribution in [0.15, 0.2) is 0 Å². The van der Waals surface area contributed by atoms with Gasteiger partial charge in [0.2, 0.25) is 0 Å². The molecule has 0 aliphatic carbocycles. The Morgan fingerprint density at radius 2 is 2.50 bits per heavy atom. The predicted molar refractivity (Wildman–Crippen MR) is 33.9 cm³/mol. The summed E-state index contributed by atoms with van der Waals surface area (Å²) in [6.45, 7) is 0.926. The number of hydrogen-bond donors (Lipinski definition) is 1. The molecule has 0 spiro atoms. The molecule has 3 heteroatoms. The van der Waals surface area contributed by atoms with Crippen LogP contribution in [0.4, 0.5) is 0 Å². The summed E-state index contributed by atoms with van der Waals surface area (Å²) in [6.07, 6.45) is 1.88. The lowest BCUT2D eigenvalue weighted by Gasteiger charge is -2.42. The van der Waals surface area contributed by atoms with Crippen LogP contribution in [0, 0.1) is 0 Å². The fourth-order valence-corrected chi connectivity index (χ4v) is 1.32. The second-order valence-corrected chi connectivity index (χ2v) is 2.67. The molecule has 3 aliphatic rings. The summed E-state index contributed by atoms with van der Waals surface area (Å²) >= 11 is 4.93. The predicted octanol–water partition coefficient (Wildman–Crippen LogP) is 0.0745. The van der Waals surface area contributed by atoms with E-state index in [1.165, 1.54) is 0 Å². The molecule has 8 heavy (non-hydrogen) atoms. The average molecular weight is 129 g/mol. The molecule has 0 saturated carbocycles. The first-order valence-corrected chi connectivity index (χ1v) is 3.20. The topological polar surface area (TPSA) is 21.3 Å². The lowest BCUT2D eigenvalue weighted by Crippen LogP contribution is -2.58. The summed E-state index contributed by atoms with van der Waals surface area (Å²) in [7, 11) is 0. The van der Waals surface area contributed by atoms with E-state index in [-0.39, 0.29) is 6.10 Å². The van der Waals surface area contributed by atoms with Gasteiger partial charge in [-0.1, -0.05) is 12.2 Å². The highest BCUT2D eigenvalue weighted by molar-refractivity contribution is 7.80. The van der Waals surface area contributed by atoms with Gasteiger partial charge in [-0.05, 0) is 0 Å². The largest absolute Gasteiger partial charge is 0.375 e. The van der Waals surface area contributed by atoms with E-state index < -0.39 is 0 Å². The van der Waals surface area contributed by atoms with Crippen molar-refractivity contribution in [1.29, 1.82) is 0 Å². The summed E-state index contributed by atoms with van der Waals surface area (Å²) in [4.78, 5) is 0.896. The third kappa shape index (κ3) is 0.485. The molecule has 0 radical (unpaired) electrons. The highest BCUT2D eigenvalue weighted by Crippen LogP contribution is 2.24. The lowest BCUT2D eigenvalue weighted by atomic mass is 10.0. The Kier molecular flexibility index (Phi) is 0.835. The van der Waals surface area contributed by atoms with Crippen LogP contribution < -0.4 is 5.32 Å². The Morgan fingerprint density at radius 1 is 1.75 bits per heavy atom. The summed E-state index contributed by atoms with van der Waals surface area (Å²) in [5.41, 5.74) is 0. The van der Waals surface area contributed by atoms with Crippen LogP contribution in [0.3, 0.4) is 0 Å². The Labute approximate surface area is 53.2 Å². The van der Waals surface area contributed by atoms with E-state index in [4.69, 9.17) is 17.0 Å². The normalized spacial score (nSPS) is 42.8. The van der Waals surface area contributed by atoms with Crippen molar-refractivity contribution in [3.05, 3.63) is 0 Å². The van der Waals surface area contributed by atoms with Crippen LogP contribution in [0.5, 0.6) is 0 Å². The van der Waals surface area contributed by atoms with Crippen LogP contribution >= 0.6 is 12.2 Å². The summed E-state index contributed by atoms with van der Waals surface area (Å²) in [6, 6.07) is 0. The molecule has 3 aliphatic heterocycles. The molecule has 3 heterocycles. The third-order valence-corrected chi connectivity index (χ3v) is 2.04. The van der Waals surface area contributed by atoms with E-state index in [0.29, 0.717) is 6.10 Å². The van der Waals surface area contributed by atoms with Gasteiger partial charge in [-0.15, -0.1) is 0 Å². The summed E-state index contributed by atoms with van der Waals surface area (Å²) in [5, 5.41) is 3.09. The second-order valence-electron chi connectivity index (χ2n) is 2.23. The summed E-state index contributed by atoms with van der Waals surface area (Å²) in [5.74, 6) is 0. The third-order valence-electron chi connectivity index (χ3n) is 1.63. The van der Waals surface area contributed by atoms with Gasteiger partial charge in [0.1, 0.15) is 11.1 Å². The zero-order valence-electron chi connectivity index (χ0n) is 4.39. The zero-order valence-corrected chi connectivity index (χ0v) is 5.20. The molecule has 2 bridgehead atoms. The van der Waals surface area contributed by atoms with Crippen LogP contribution in [-0.2, 0) is 4.74 Å². The van der Waals surface area contributed by atoms with Gasteiger partial charge < -0.3 is 10.1 Å². The molecule has 1 N–H and O–H groups in total. The minimum absolute atomic E-state index is 0.267. The summed E-state index contributed by atoms with van der Waals surface area (Å²) < 4.78 is 5.28. The fourth-order valence-electron chi connectivity index (χ4n) is 1.09. The highest BCUT2D eigenvalue weighted by atomic mass is 32.1. The van der Waals surface area contributed by atoms with E-state index in [9.17, 15) is 0 Å².